The molecule has 0 spiro atoms. The molecule has 2 heterocycles. The largest absolute Gasteiger partial charge is 0.368 e. The molecule has 0 aromatic carbocycles. The molecule has 0 bridgehead atoms. The highest BCUT2D eigenvalue weighted by Crippen LogP contribution is 2.15. The average molecular weight is 316 g/mol. The molecular weight excluding hydrogens is 298 g/mol. The van der Waals surface area contributed by atoms with Crippen LogP contribution in [0.3, 0.4) is 0 Å². The molecule has 1 amide bonds. The van der Waals surface area contributed by atoms with E-state index >= 15 is 0 Å². The summed E-state index contributed by atoms with van der Waals surface area (Å²) >= 11 is 3.46. The highest BCUT2D eigenvalue weighted by Gasteiger charge is 2.21. The molecule has 0 aliphatic carbocycles. The van der Waals surface area contributed by atoms with Crippen LogP contribution < -0.4 is 5.32 Å². The van der Waals surface area contributed by atoms with Crippen molar-refractivity contribution < 1.29 is 9.53 Å². The van der Waals surface area contributed by atoms with Crippen molar-refractivity contribution in [2.75, 3.05) is 13.2 Å². The van der Waals surface area contributed by atoms with Crippen molar-refractivity contribution in [3.8, 4) is 0 Å². The van der Waals surface area contributed by atoms with Gasteiger partial charge in [0.15, 0.2) is 0 Å². The van der Waals surface area contributed by atoms with Crippen LogP contribution in [-0.4, -0.2) is 34.7 Å². The quantitative estimate of drug-likeness (QED) is 0.914. The smallest absolute Gasteiger partial charge is 0.249 e. The first kappa shape index (κ1) is 13.5. The van der Waals surface area contributed by atoms with Crippen molar-refractivity contribution in [1.29, 1.82) is 0 Å². The van der Waals surface area contributed by atoms with Crippen LogP contribution in [0.25, 0.3) is 0 Å². The maximum absolute atomic E-state index is 11.8. The molecule has 1 aliphatic rings. The Morgan fingerprint density at radius 2 is 2.50 bits per heavy atom. The summed E-state index contributed by atoms with van der Waals surface area (Å²) in [5.41, 5.74) is 0.961. The van der Waals surface area contributed by atoms with Gasteiger partial charge in [0.25, 0.3) is 0 Å². The summed E-state index contributed by atoms with van der Waals surface area (Å²) in [5, 5.41) is 2.90. The molecule has 1 aromatic rings. The third-order valence-electron chi connectivity index (χ3n) is 3.07. The van der Waals surface area contributed by atoms with Crippen LogP contribution in [-0.2, 0) is 23.0 Å². The normalized spacial score (nSPS) is 19.8. The van der Waals surface area contributed by atoms with E-state index in [4.69, 9.17) is 4.74 Å². The first-order valence-corrected chi connectivity index (χ1v) is 7.03. The zero-order valence-corrected chi connectivity index (χ0v) is 12.1. The van der Waals surface area contributed by atoms with Gasteiger partial charge in [0.1, 0.15) is 10.7 Å². The molecule has 1 N–H and O–H groups in total. The van der Waals surface area contributed by atoms with Crippen LogP contribution >= 0.6 is 15.9 Å². The highest BCUT2D eigenvalue weighted by atomic mass is 79.9. The number of imidazole rings is 1. The van der Waals surface area contributed by atoms with Crippen molar-refractivity contribution in [1.82, 2.24) is 14.9 Å². The van der Waals surface area contributed by atoms with E-state index in [0.29, 0.717) is 13.2 Å². The third kappa shape index (κ3) is 3.32. The SMILES string of the molecule is Cn1cnc(CCNC(=O)C2CCCCO2)c1Br. The number of rotatable bonds is 4. The number of aryl methyl sites for hydroxylation is 1. The fourth-order valence-electron chi connectivity index (χ4n) is 2.00. The van der Waals surface area contributed by atoms with Gasteiger partial charge in [-0.3, -0.25) is 4.79 Å². The number of nitrogens with zero attached hydrogens (tertiary/aromatic N) is 2. The van der Waals surface area contributed by atoms with Crippen LogP contribution in [0.2, 0.25) is 0 Å². The summed E-state index contributed by atoms with van der Waals surface area (Å²) in [6.45, 7) is 1.29. The van der Waals surface area contributed by atoms with Crippen LogP contribution in [0.1, 0.15) is 25.0 Å². The van der Waals surface area contributed by atoms with Crippen LogP contribution in [0, 0.1) is 0 Å². The summed E-state index contributed by atoms with van der Waals surface area (Å²) in [6.07, 6.45) is 5.19. The molecule has 2 rings (SSSR count). The second-order valence-corrected chi connectivity index (χ2v) is 5.24. The van der Waals surface area contributed by atoms with Crippen LogP contribution in [0.15, 0.2) is 10.9 Å². The Morgan fingerprint density at radius 3 is 3.11 bits per heavy atom. The molecule has 0 saturated carbocycles. The van der Waals surface area contributed by atoms with Gasteiger partial charge in [0.2, 0.25) is 5.91 Å². The van der Waals surface area contributed by atoms with Crippen molar-refractivity contribution in [2.45, 2.75) is 31.8 Å². The van der Waals surface area contributed by atoms with Crippen molar-refractivity contribution >= 4 is 21.8 Å². The third-order valence-corrected chi connectivity index (χ3v) is 4.08. The zero-order chi connectivity index (χ0) is 13.0. The fraction of sp³-hybridized carbons (Fsp3) is 0.667. The lowest BCUT2D eigenvalue weighted by Crippen LogP contribution is -2.39. The van der Waals surface area contributed by atoms with Gasteiger partial charge in [-0.25, -0.2) is 4.98 Å². The molecule has 1 unspecified atom stereocenters. The standard InChI is InChI=1S/C12H18BrN3O2/c1-16-8-15-9(11(16)13)5-6-14-12(17)10-4-2-3-7-18-10/h8,10H,2-7H2,1H3,(H,14,17). The molecule has 18 heavy (non-hydrogen) atoms. The van der Waals surface area contributed by atoms with Gasteiger partial charge < -0.3 is 14.6 Å². The Morgan fingerprint density at radius 1 is 1.67 bits per heavy atom. The summed E-state index contributed by atoms with van der Waals surface area (Å²) < 4.78 is 8.30. The van der Waals surface area contributed by atoms with E-state index in [-0.39, 0.29) is 12.0 Å². The number of carbonyl (C=O) groups is 1. The van der Waals surface area contributed by atoms with Gasteiger partial charge in [0.05, 0.1) is 12.0 Å². The first-order chi connectivity index (χ1) is 8.68. The second-order valence-electron chi connectivity index (χ2n) is 4.49. The molecule has 5 nitrogen and oxygen atoms in total. The minimum absolute atomic E-state index is 0.00162. The Kier molecular flexibility index (Phi) is 4.77. The maximum Gasteiger partial charge on any atom is 0.249 e. The van der Waals surface area contributed by atoms with Gasteiger partial charge in [-0.15, -0.1) is 0 Å². The average Bonchev–Trinajstić information content (AvgIpc) is 2.71. The Hall–Kier alpha value is -0.880. The van der Waals surface area contributed by atoms with E-state index in [0.717, 1.165) is 36.0 Å². The molecule has 1 aromatic heterocycles. The molecule has 1 atom stereocenters. The van der Waals surface area contributed by atoms with Crippen molar-refractivity contribution in [2.24, 2.45) is 7.05 Å². The zero-order valence-electron chi connectivity index (χ0n) is 10.5. The molecule has 6 heteroatoms. The number of hydrogen-bond acceptors (Lipinski definition) is 3. The Balaban J connectivity index is 1.74. The van der Waals surface area contributed by atoms with Crippen molar-refractivity contribution in [3.05, 3.63) is 16.6 Å². The van der Waals surface area contributed by atoms with Crippen LogP contribution in [0.5, 0.6) is 0 Å². The van der Waals surface area contributed by atoms with E-state index in [9.17, 15) is 4.79 Å². The van der Waals surface area contributed by atoms with E-state index < -0.39 is 0 Å². The number of carbonyl (C=O) groups excluding carboxylic acids is 1. The molecule has 0 radical (unpaired) electrons. The predicted octanol–water partition coefficient (Wildman–Crippen LogP) is 1.41. The Bertz CT molecular complexity index is 413. The van der Waals surface area contributed by atoms with E-state index in [2.05, 4.69) is 26.2 Å². The molecule has 1 fully saturated rings. The van der Waals surface area contributed by atoms with E-state index in [1.165, 1.54) is 0 Å². The van der Waals surface area contributed by atoms with Gasteiger partial charge in [-0.2, -0.15) is 0 Å². The monoisotopic (exact) mass is 315 g/mol. The summed E-state index contributed by atoms with van der Waals surface area (Å²) in [5.74, 6) is 0.00162. The van der Waals surface area contributed by atoms with E-state index in [1.807, 2.05) is 11.6 Å². The fourth-order valence-corrected chi connectivity index (χ4v) is 2.39. The number of nitrogens with one attached hydrogen (secondary N) is 1. The minimum Gasteiger partial charge on any atom is -0.368 e. The number of ether oxygens (including phenoxy) is 1. The lowest BCUT2D eigenvalue weighted by molar-refractivity contribution is -0.135. The predicted molar refractivity (Wildman–Crippen MR) is 71.2 cm³/mol. The topological polar surface area (TPSA) is 56.2 Å². The van der Waals surface area contributed by atoms with Crippen LogP contribution in [0.4, 0.5) is 0 Å². The molecule has 1 saturated heterocycles. The lowest BCUT2D eigenvalue weighted by Gasteiger charge is -2.21. The Labute approximate surface area is 115 Å². The molecule has 100 valence electrons. The first-order valence-electron chi connectivity index (χ1n) is 6.23. The van der Waals surface area contributed by atoms with Gasteiger partial charge in [0, 0.05) is 26.6 Å². The number of hydrogen-bond donors (Lipinski definition) is 1. The molecule has 1 aliphatic heterocycles. The summed E-state index contributed by atoms with van der Waals surface area (Å²) in [6, 6.07) is 0. The van der Waals surface area contributed by atoms with Gasteiger partial charge >= 0.3 is 0 Å². The summed E-state index contributed by atoms with van der Waals surface area (Å²) in [7, 11) is 1.93. The molecular formula is C12H18BrN3O2. The second kappa shape index (κ2) is 6.33. The lowest BCUT2D eigenvalue weighted by atomic mass is 10.1. The van der Waals surface area contributed by atoms with Gasteiger partial charge in [-0.05, 0) is 35.2 Å². The maximum atomic E-state index is 11.8. The number of aromatic nitrogens is 2. The minimum atomic E-state index is -0.258. The van der Waals surface area contributed by atoms with Crippen molar-refractivity contribution in [3.63, 3.8) is 0 Å². The number of halogens is 1. The number of amides is 1. The van der Waals surface area contributed by atoms with E-state index in [1.54, 1.807) is 6.33 Å². The van der Waals surface area contributed by atoms with Gasteiger partial charge in [-0.1, -0.05) is 0 Å². The summed E-state index contributed by atoms with van der Waals surface area (Å²) in [4.78, 5) is 16.1. The highest BCUT2D eigenvalue weighted by molar-refractivity contribution is 9.10.